The van der Waals surface area contributed by atoms with Crippen LogP contribution in [0.15, 0.2) is 0 Å². The van der Waals surface area contributed by atoms with Crippen molar-refractivity contribution < 1.29 is 53.6 Å². The molecule has 3 rings (SSSR count). The summed E-state index contributed by atoms with van der Waals surface area (Å²) in [6, 6.07) is 0. The fourth-order valence-corrected chi connectivity index (χ4v) is 6.17. The minimum absolute atomic E-state index is 0.0866. The van der Waals surface area contributed by atoms with E-state index in [2.05, 4.69) is 69.2 Å². The first-order valence-electron chi connectivity index (χ1n) is 26.6. The van der Waals surface area contributed by atoms with Gasteiger partial charge < -0.3 is 53.6 Å². The molecule has 0 bridgehead atoms. The lowest BCUT2D eigenvalue weighted by Crippen LogP contribution is -2.22. The van der Waals surface area contributed by atoms with Gasteiger partial charge in [-0.05, 0) is 156 Å². The van der Waals surface area contributed by atoms with E-state index in [0.29, 0.717) is 81.7 Å². The van der Waals surface area contributed by atoms with Crippen molar-refractivity contribution >= 4 is 0 Å². The van der Waals surface area contributed by atoms with E-state index in [1.54, 1.807) is 0 Å². The molecule has 64 heavy (non-hydrogen) atoms. The summed E-state index contributed by atoms with van der Waals surface area (Å²) in [6.07, 6.45) is 27.0. The third-order valence-corrected chi connectivity index (χ3v) is 12.2. The number of rotatable bonds is 30. The topological polar surface area (TPSA) is 146 Å². The molecule has 3 saturated carbocycles. The monoisotopic (exact) mass is 925 g/mol. The Balaban J connectivity index is -0.000000703. The number of hydrogen-bond donors (Lipinski definition) is 4. The molecule has 11 nitrogen and oxygen atoms in total. The summed E-state index contributed by atoms with van der Waals surface area (Å²) >= 11 is 0. The maximum Gasteiger partial charge on any atom is 0.0704 e. The molecule has 0 spiro atoms. The van der Waals surface area contributed by atoms with Crippen molar-refractivity contribution in [3.63, 3.8) is 0 Å². The number of ether oxygens (including phenoxy) is 7. The zero-order chi connectivity index (χ0) is 48.6. The Labute approximate surface area is 397 Å². The van der Waals surface area contributed by atoms with Crippen molar-refractivity contribution in [1.29, 1.82) is 0 Å². The Kier molecular flexibility index (Phi) is 55.0. The summed E-state index contributed by atoms with van der Waals surface area (Å²) < 4.78 is 37.9. The lowest BCUT2D eigenvalue weighted by molar-refractivity contribution is -0.0220. The quantitative estimate of drug-likeness (QED) is 0.0511. The third-order valence-electron chi connectivity index (χ3n) is 12.2. The van der Waals surface area contributed by atoms with Gasteiger partial charge in [0.25, 0.3) is 0 Å². The molecule has 390 valence electrons. The molecule has 3 aliphatic rings. The molecule has 6 atom stereocenters. The molecular formula is C53H112O11. The molecule has 0 aliphatic heterocycles. The van der Waals surface area contributed by atoms with Crippen LogP contribution < -0.4 is 0 Å². The van der Waals surface area contributed by atoms with Crippen molar-refractivity contribution in [2.75, 3.05) is 72.7 Å². The molecule has 0 aromatic carbocycles. The zero-order valence-corrected chi connectivity index (χ0v) is 44.3. The number of hydrogen-bond acceptors (Lipinski definition) is 11. The third kappa shape index (κ3) is 51.0. The molecule has 0 saturated heterocycles. The molecule has 0 aromatic heterocycles. The Morgan fingerprint density at radius 2 is 0.828 bits per heavy atom. The molecule has 3 aliphatic carbocycles. The standard InChI is InChI=1S/C12H24O2.C10H20O.C9H18O.C8H18O3.C8H18O2.C6H14O2/c1-3-10(2)14-9-12-6-4-11(8-13)5-7-12;1-3-9(2)11-10-7-5-4-6-8-10;1-3-8(2)10-7-6-9-4-5-9;1-3-8(2)11-7-6-10-5-4-9;1-3-8(2)10-7-5-4-6-9;1-3-6(2)8-5-4-7/h10-13H,3-9H2,1-2H3;9-10H,3-8H2,1-2H3;8-9H,3-7H2,1-2H3;8-9H,3-7H2,1-2H3;8-9H,3-7H2,1-2H3;6-7H,3-5H2,1-2H3. The number of unbranched alkanes of at least 4 members (excludes halogenated alkanes) is 1. The van der Waals surface area contributed by atoms with E-state index < -0.39 is 0 Å². The highest BCUT2D eigenvalue weighted by Crippen LogP contribution is 2.32. The SMILES string of the molecule is CCC(C)OC1CCCCC1.CCC(C)OCC1CCC(CO)CC1.CCC(C)OCCC1CC1.CCC(C)OCCCCO.CCC(C)OCCO.CCC(C)OCCOCCO. The van der Waals surface area contributed by atoms with Gasteiger partial charge in [0.05, 0.1) is 82.4 Å². The van der Waals surface area contributed by atoms with Gasteiger partial charge in [0.1, 0.15) is 0 Å². The van der Waals surface area contributed by atoms with Crippen LogP contribution in [0.1, 0.15) is 212 Å². The zero-order valence-electron chi connectivity index (χ0n) is 44.3. The van der Waals surface area contributed by atoms with E-state index in [4.69, 9.17) is 53.6 Å². The average Bonchev–Trinajstić information content (AvgIpc) is 4.17. The van der Waals surface area contributed by atoms with E-state index in [1.165, 1.54) is 77.0 Å². The number of aliphatic hydroxyl groups excluding tert-OH is 4. The van der Waals surface area contributed by atoms with Crippen molar-refractivity contribution in [3.8, 4) is 0 Å². The smallest absolute Gasteiger partial charge is 0.0704 e. The van der Waals surface area contributed by atoms with Crippen LogP contribution in [0.2, 0.25) is 0 Å². The molecule has 4 N–H and O–H groups in total. The van der Waals surface area contributed by atoms with Gasteiger partial charge >= 0.3 is 0 Å². The molecule has 6 unspecified atom stereocenters. The van der Waals surface area contributed by atoms with E-state index >= 15 is 0 Å². The minimum Gasteiger partial charge on any atom is -0.396 e. The molecule has 0 heterocycles. The molecular weight excluding hydrogens is 813 g/mol. The van der Waals surface area contributed by atoms with Gasteiger partial charge in [-0.25, -0.2) is 0 Å². The van der Waals surface area contributed by atoms with Gasteiger partial charge in [-0.2, -0.15) is 0 Å². The molecule has 0 aromatic rings. The highest BCUT2D eigenvalue weighted by molar-refractivity contribution is 4.73. The first kappa shape index (κ1) is 67.8. The molecule has 0 amide bonds. The van der Waals surface area contributed by atoms with Gasteiger partial charge in [-0.3, -0.25) is 0 Å². The van der Waals surface area contributed by atoms with Gasteiger partial charge in [0.15, 0.2) is 0 Å². The predicted octanol–water partition coefficient (Wildman–Crippen LogP) is 11.5. The Morgan fingerprint density at radius 1 is 0.391 bits per heavy atom. The fraction of sp³-hybridized carbons (Fsp3) is 1.00. The molecule has 3 fully saturated rings. The summed E-state index contributed by atoms with van der Waals surface area (Å²) in [5.41, 5.74) is 0. The summed E-state index contributed by atoms with van der Waals surface area (Å²) in [6.45, 7) is 31.0. The normalized spacial score (nSPS) is 20.1. The first-order chi connectivity index (χ1) is 30.8. The van der Waals surface area contributed by atoms with Gasteiger partial charge in [0, 0.05) is 33.0 Å². The van der Waals surface area contributed by atoms with Crippen LogP contribution in [0, 0.1) is 17.8 Å². The van der Waals surface area contributed by atoms with Gasteiger partial charge in [0.2, 0.25) is 0 Å². The maximum atomic E-state index is 9.00. The van der Waals surface area contributed by atoms with E-state index in [1.807, 2.05) is 13.8 Å². The van der Waals surface area contributed by atoms with Crippen LogP contribution in [-0.4, -0.2) is 136 Å². The van der Waals surface area contributed by atoms with Crippen molar-refractivity contribution in [1.82, 2.24) is 0 Å². The van der Waals surface area contributed by atoms with Crippen LogP contribution in [0.3, 0.4) is 0 Å². The second-order valence-corrected chi connectivity index (χ2v) is 18.3. The van der Waals surface area contributed by atoms with Gasteiger partial charge in [-0.15, -0.1) is 0 Å². The Hall–Kier alpha value is -0.440. The predicted molar refractivity (Wildman–Crippen MR) is 267 cm³/mol. The van der Waals surface area contributed by atoms with E-state index in [0.717, 1.165) is 83.0 Å². The highest BCUT2D eigenvalue weighted by atomic mass is 16.5. The summed E-state index contributed by atoms with van der Waals surface area (Å²) in [4.78, 5) is 0. The largest absolute Gasteiger partial charge is 0.396 e. The Morgan fingerprint density at radius 3 is 1.28 bits per heavy atom. The fourth-order valence-electron chi connectivity index (χ4n) is 6.17. The lowest BCUT2D eigenvalue weighted by Gasteiger charge is -2.27. The van der Waals surface area contributed by atoms with Crippen LogP contribution >= 0.6 is 0 Å². The van der Waals surface area contributed by atoms with Crippen LogP contribution in [0.25, 0.3) is 0 Å². The first-order valence-corrected chi connectivity index (χ1v) is 26.6. The summed E-state index contributed by atoms with van der Waals surface area (Å²) in [7, 11) is 0. The second kappa shape index (κ2) is 51.9. The molecule has 11 heteroatoms. The minimum atomic E-state index is 0.0866. The van der Waals surface area contributed by atoms with E-state index in [9.17, 15) is 0 Å². The summed E-state index contributed by atoms with van der Waals surface area (Å²) in [5, 5.41) is 34.1. The van der Waals surface area contributed by atoms with E-state index in [-0.39, 0.29) is 19.8 Å². The Bertz CT molecular complexity index is 852. The van der Waals surface area contributed by atoms with Crippen LogP contribution in [-0.2, 0) is 33.2 Å². The highest BCUT2D eigenvalue weighted by Gasteiger charge is 2.22. The van der Waals surface area contributed by atoms with Gasteiger partial charge in [-0.1, -0.05) is 73.6 Å². The number of aliphatic hydroxyl groups is 4. The second-order valence-electron chi connectivity index (χ2n) is 18.3. The lowest BCUT2D eigenvalue weighted by atomic mass is 9.83. The summed E-state index contributed by atoms with van der Waals surface area (Å²) in [5.74, 6) is 2.32. The van der Waals surface area contributed by atoms with Crippen molar-refractivity contribution in [2.45, 2.75) is 254 Å². The van der Waals surface area contributed by atoms with Crippen LogP contribution in [0.4, 0.5) is 0 Å². The van der Waals surface area contributed by atoms with Crippen LogP contribution in [0.5, 0.6) is 0 Å². The molecule has 0 radical (unpaired) electrons. The van der Waals surface area contributed by atoms with Crippen molar-refractivity contribution in [2.24, 2.45) is 17.8 Å². The maximum absolute atomic E-state index is 9.00. The van der Waals surface area contributed by atoms with Crippen molar-refractivity contribution in [3.05, 3.63) is 0 Å². The average molecular weight is 925 g/mol.